The Balaban J connectivity index is 1.35. The Hall–Kier alpha value is -3.73. The minimum absolute atomic E-state index is 0.0792. The largest absolute Gasteiger partial charge is 0.421 e. The molecule has 2 fully saturated rings. The molecule has 1 unspecified atom stereocenters. The van der Waals surface area contributed by atoms with E-state index in [1.165, 1.54) is 0 Å². The second-order valence-corrected chi connectivity index (χ2v) is 9.52. The average Bonchev–Trinajstić information content (AvgIpc) is 3.49. The summed E-state index contributed by atoms with van der Waals surface area (Å²) in [7, 11) is 0. The Bertz CT molecular complexity index is 1410. The van der Waals surface area contributed by atoms with Crippen molar-refractivity contribution in [3.05, 3.63) is 47.3 Å². The molecule has 1 aliphatic heterocycles. The van der Waals surface area contributed by atoms with Gasteiger partial charge in [0.15, 0.2) is 23.2 Å². The van der Waals surface area contributed by atoms with E-state index in [2.05, 4.69) is 47.6 Å². The van der Waals surface area contributed by atoms with E-state index in [0.717, 1.165) is 50.7 Å². The zero-order valence-electron chi connectivity index (χ0n) is 20.2. The minimum atomic E-state index is -0.672. The van der Waals surface area contributed by atoms with Crippen LogP contribution in [-0.4, -0.2) is 50.8 Å². The fourth-order valence-corrected chi connectivity index (χ4v) is 4.63. The van der Waals surface area contributed by atoms with Gasteiger partial charge in [-0.2, -0.15) is 15.1 Å². The van der Waals surface area contributed by atoms with Crippen LogP contribution >= 0.6 is 0 Å². The van der Waals surface area contributed by atoms with E-state index in [1.54, 1.807) is 13.0 Å². The highest BCUT2D eigenvalue weighted by molar-refractivity contribution is 5.83. The van der Waals surface area contributed by atoms with Gasteiger partial charge in [0.05, 0.1) is 5.52 Å². The first-order valence-corrected chi connectivity index (χ1v) is 12.3. The molecule has 0 bridgehead atoms. The van der Waals surface area contributed by atoms with Crippen LogP contribution in [0.1, 0.15) is 43.5 Å². The van der Waals surface area contributed by atoms with Gasteiger partial charge in [-0.3, -0.25) is 5.10 Å². The zero-order chi connectivity index (χ0) is 24.8. The Morgan fingerprint density at radius 2 is 2.00 bits per heavy atom. The average molecular weight is 495 g/mol. The summed E-state index contributed by atoms with van der Waals surface area (Å²) in [5.74, 6) is 0.694. The van der Waals surface area contributed by atoms with Gasteiger partial charge in [-0.25, -0.2) is 8.78 Å². The first kappa shape index (κ1) is 22.7. The van der Waals surface area contributed by atoms with Crippen molar-refractivity contribution >= 4 is 28.4 Å². The van der Waals surface area contributed by atoms with Crippen LogP contribution in [0.25, 0.3) is 10.9 Å². The SMILES string of the molecule is CCC1CN(c2cc(Nc3cc(C4CC4)[nH]n3)nc(Oc3cc(F)c4[nH]c(C)cc4c3F)n2)CCN1. The molecule has 0 amide bonds. The quantitative estimate of drug-likeness (QED) is 0.290. The van der Waals surface area contributed by atoms with Crippen molar-refractivity contribution in [2.75, 3.05) is 29.9 Å². The molecule has 4 heterocycles. The third-order valence-electron chi connectivity index (χ3n) is 6.74. The Morgan fingerprint density at radius 1 is 1.14 bits per heavy atom. The first-order chi connectivity index (χ1) is 17.5. The predicted molar refractivity (Wildman–Crippen MR) is 133 cm³/mol. The standard InChI is InChI=1S/C25H28F2N8O/c1-3-15-12-35(7-6-28-15)22-11-20(30-21-10-18(33-34-21)14-4-5-14)31-25(32-22)36-19-9-17(26)24-16(23(19)27)8-13(2)29-24/h8-11,14-15,28-29H,3-7,12H2,1-2H3,(H2,30,31,32,33,34). The van der Waals surface area contributed by atoms with E-state index < -0.39 is 11.6 Å². The molecule has 6 rings (SSSR count). The molecule has 1 atom stereocenters. The van der Waals surface area contributed by atoms with Crippen LogP contribution in [0.4, 0.5) is 26.2 Å². The molecule has 188 valence electrons. The topological polar surface area (TPSA) is 107 Å². The molecule has 3 aromatic heterocycles. The lowest BCUT2D eigenvalue weighted by Gasteiger charge is -2.34. The number of benzene rings is 1. The molecule has 1 saturated heterocycles. The third-order valence-corrected chi connectivity index (χ3v) is 6.74. The minimum Gasteiger partial charge on any atom is -0.421 e. The molecule has 36 heavy (non-hydrogen) atoms. The molecular weight excluding hydrogens is 466 g/mol. The fourth-order valence-electron chi connectivity index (χ4n) is 4.63. The highest BCUT2D eigenvalue weighted by Gasteiger charge is 2.26. The smallest absolute Gasteiger partial charge is 0.326 e. The lowest BCUT2D eigenvalue weighted by molar-refractivity contribution is 0.407. The van der Waals surface area contributed by atoms with Crippen LogP contribution in [-0.2, 0) is 0 Å². The van der Waals surface area contributed by atoms with Gasteiger partial charge in [-0.1, -0.05) is 6.92 Å². The molecule has 2 aliphatic rings. The van der Waals surface area contributed by atoms with E-state index in [-0.39, 0.29) is 22.7 Å². The number of hydrogen-bond donors (Lipinski definition) is 4. The summed E-state index contributed by atoms with van der Waals surface area (Å²) in [5.41, 5.74) is 1.84. The van der Waals surface area contributed by atoms with Gasteiger partial charge >= 0.3 is 6.01 Å². The van der Waals surface area contributed by atoms with E-state index in [9.17, 15) is 4.39 Å². The Labute approximate surface area is 206 Å². The number of hydrogen-bond acceptors (Lipinski definition) is 7. The number of nitrogens with zero attached hydrogens (tertiary/aromatic N) is 4. The van der Waals surface area contributed by atoms with Crippen molar-refractivity contribution in [3.63, 3.8) is 0 Å². The maximum atomic E-state index is 15.2. The van der Waals surface area contributed by atoms with Gasteiger partial charge in [-0.05, 0) is 32.3 Å². The number of ether oxygens (including phenoxy) is 1. The fraction of sp³-hybridized carbons (Fsp3) is 0.400. The number of nitrogens with one attached hydrogen (secondary N) is 4. The summed E-state index contributed by atoms with van der Waals surface area (Å²) < 4.78 is 35.7. The van der Waals surface area contributed by atoms with Crippen molar-refractivity contribution in [2.24, 2.45) is 0 Å². The number of fused-ring (bicyclic) bond motifs is 1. The number of halogens is 2. The second kappa shape index (κ2) is 9.05. The monoisotopic (exact) mass is 494 g/mol. The summed E-state index contributed by atoms with van der Waals surface area (Å²) in [4.78, 5) is 14.0. The number of aryl methyl sites for hydroxylation is 1. The molecule has 1 saturated carbocycles. The van der Waals surface area contributed by atoms with Crippen LogP contribution in [0.5, 0.6) is 11.8 Å². The van der Waals surface area contributed by atoms with E-state index in [4.69, 9.17) is 4.74 Å². The Kier molecular flexibility index (Phi) is 5.71. The van der Waals surface area contributed by atoms with Crippen molar-refractivity contribution in [1.82, 2.24) is 30.5 Å². The molecule has 11 heteroatoms. The predicted octanol–water partition coefficient (Wildman–Crippen LogP) is 4.87. The number of H-pyrrole nitrogens is 2. The van der Waals surface area contributed by atoms with Crippen molar-refractivity contribution < 1.29 is 13.5 Å². The number of aromatic nitrogens is 5. The van der Waals surface area contributed by atoms with Crippen LogP contribution < -0.4 is 20.3 Å². The molecule has 1 aliphatic carbocycles. The van der Waals surface area contributed by atoms with Crippen molar-refractivity contribution in [2.45, 2.75) is 45.1 Å². The van der Waals surface area contributed by atoms with Crippen LogP contribution in [0, 0.1) is 18.6 Å². The molecule has 1 aromatic carbocycles. The van der Waals surface area contributed by atoms with Gasteiger partial charge in [0.25, 0.3) is 0 Å². The van der Waals surface area contributed by atoms with Crippen LogP contribution in [0.2, 0.25) is 0 Å². The number of aromatic amines is 2. The maximum Gasteiger partial charge on any atom is 0.326 e. The summed E-state index contributed by atoms with van der Waals surface area (Å²) in [6.45, 7) is 6.20. The van der Waals surface area contributed by atoms with E-state index in [1.807, 2.05) is 12.1 Å². The highest BCUT2D eigenvalue weighted by Crippen LogP contribution is 2.40. The summed E-state index contributed by atoms with van der Waals surface area (Å²) in [6, 6.07) is 6.61. The molecule has 0 spiro atoms. The number of anilines is 3. The normalized spacial score (nSPS) is 18.1. The van der Waals surface area contributed by atoms with Crippen LogP contribution in [0.3, 0.4) is 0 Å². The van der Waals surface area contributed by atoms with Gasteiger partial charge in [0.1, 0.15) is 11.6 Å². The zero-order valence-corrected chi connectivity index (χ0v) is 20.2. The van der Waals surface area contributed by atoms with E-state index in [0.29, 0.717) is 35.1 Å². The molecule has 0 radical (unpaired) electrons. The summed E-state index contributed by atoms with van der Waals surface area (Å²) >= 11 is 0. The summed E-state index contributed by atoms with van der Waals surface area (Å²) in [6.07, 6.45) is 3.30. The lowest BCUT2D eigenvalue weighted by Crippen LogP contribution is -2.50. The molecular formula is C25H28F2N8O. The van der Waals surface area contributed by atoms with Gasteiger partial charge in [0.2, 0.25) is 0 Å². The third kappa shape index (κ3) is 4.46. The van der Waals surface area contributed by atoms with Crippen molar-refractivity contribution in [1.29, 1.82) is 0 Å². The van der Waals surface area contributed by atoms with Gasteiger partial charge in [-0.15, -0.1) is 0 Å². The van der Waals surface area contributed by atoms with Gasteiger partial charge in [0, 0.05) is 66.6 Å². The lowest BCUT2D eigenvalue weighted by atomic mass is 10.1. The highest BCUT2D eigenvalue weighted by atomic mass is 19.1. The van der Waals surface area contributed by atoms with Gasteiger partial charge < -0.3 is 25.3 Å². The molecule has 9 nitrogen and oxygen atoms in total. The second-order valence-electron chi connectivity index (χ2n) is 9.52. The molecule has 4 aromatic rings. The Morgan fingerprint density at radius 3 is 2.81 bits per heavy atom. The van der Waals surface area contributed by atoms with Crippen molar-refractivity contribution in [3.8, 4) is 11.8 Å². The maximum absolute atomic E-state index is 15.2. The first-order valence-electron chi connectivity index (χ1n) is 12.3. The molecule has 4 N–H and O–H groups in total. The number of rotatable bonds is 7. The summed E-state index contributed by atoms with van der Waals surface area (Å²) in [5, 5.41) is 14.2. The van der Waals surface area contributed by atoms with Crippen LogP contribution in [0.15, 0.2) is 24.3 Å². The van der Waals surface area contributed by atoms with E-state index >= 15 is 4.39 Å². The number of piperazine rings is 1.